The van der Waals surface area contributed by atoms with E-state index in [4.69, 9.17) is 11.6 Å². The Morgan fingerprint density at radius 1 is 1.24 bits per heavy atom. The third-order valence-electron chi connectivity index (χ3n) is 3.12. The van der Waals surface area contributed by atoms with Crippen molar-refractivity contribution in [2.24, 2.45) is 0 Å². The van der Waals surface area contributed by atoms with Gasteiger partial charge in [-0.05, 0) is 24.6 Å². The van der Waals surface area contributed by atoms with E-state index in [1.807, 2.05) is 0 Å². The molecule has 0 aliphatic carbocycles. The van der Waals surface area contributed by atoms with E-state index in [1.54, 1.807) is 31.2 Å². The van der Waals surface area contributed by atoms with Gasteiger partial charge in [-0.3, -0.25) is 4.79 Å². The monoisotopic (exact) mass is 309 g/mol. The predicted molar refractivity (Wildman–Crippen MR) is 78.1 cm³/mol. The lowest BCUT2D eigenvalue weighted by atomic mass is 10.1. The van der Waals surface area contributed by atoms with Crippen LogP contribution in [0.4, 0.5) is 8.78 Å². The summed E-state index contributed by atoms with van der Waals surface area (Å²) in [4.78, 5) is 12.0. The molecule has 0 spiro atoms. The number of amides is 1. The minimum Gasteiger partial charge on any atom is -0.349 e. The van der Waals surface area contributed by atoms with Gasteiger partial charge in [0, 0.05) is 16.7 Å². The molecule has 5 heteroatoms. The zero-order valence-corrected chi connectivity index (χ0v) is 12.1. The smallest absolute Gasteiger partial charge is 0.224 e. The van der Waals surface area contributed by atoms with Gasteiger partial charge in [0.25, 0.3) is 0 Å². The van der Waals surface area contributed by atoms with Gasteiger partial charge in [0.1, 0.15) is 11.6 Å². The van der Waals surface area contributed by atoms with E-state index in [0.29, 0.717) is 10.6 Å². The average molecular weight is 310 g/mol. The van der Waals surface area contributed by atoms with E-state index in [2.05, 4.69) is 5.32 Å². The first kappa shape index (κ1) is 15.4. The van der Waals surface area contributed by atoms with Crippen molar-refractivity contribution >= 4 is 17.5 Å². The van der Waals surface area contributed by atoms with Crippen LogP contribution in [0.3, 0.4) is 0 Å². The van der Waals surface area contributed by atoms with Crippen molar-refractivity contribution in [3.8, 4) is 0 Å². The van der Waals surface area contributed by atoms with Crippen molar-refractivity contribution in [2.45, 2.75) is 19.4 Å². The normalized spacial score (nSPS) is 12.0. The number of halogens is 3. The van der Waals surface area contributed by atoms with E-state index in [0.717, 1.165) is 12.1 Å². The Labute approximate surface area is 126 Å². The highest BCUT2D eigenvalue weighted by Crippen LogP contribution is 2.19. The molecule has 21 heavy (non-hydrogen) atoms. The molecule has 0 radical (unpaired) electrons. The highest BCUT2D eigenvalue weighted by molar-refractivity contribution is 6.31. The third-order valence-corrected chi connectivity index (χ3v) is 3.48. The minimum atomic E-state index is -0.680. The van der Waals surface area contributed by atoms with Crippen molar-refractivity contribution in [3.63, 3.8) is 0 Å². The summed E-state index contributed by atoms with van der Waals surface area (Å²) in [7, 11) is 0. The van der Waals surface area contributed by atoms with Gasteiger partial charge >= 0.3 is 0 Å². The molecule has 0 aromatic heterocycles. The summed E-state index contributed by atoms with van der Waals surface area (Å²) < 4.78 is 26.5. The maximum absolute atomic E-state index is 13.6. The van der Waals surface area contributed by atoms with E-state index in [9.17, 15) is 13.6 Å². The lowest BCUT2D eigenvalue weighted by molar-refractivity contribution is -0.121. The Hall–Kier alpha value is -1.94. The van der Waals surface area contributed by atoms with Crippen LogP contribution in [0.15, 0.2) is 42.5 Å². The van der Waals surface area contributed by atoms with Gasteiger partial charge in [0.15, 0.2) is 0 Å². The predicted octanol–water partition coefficient (Wildman–Crippen LogP) is 4.04. The lowest BCUT2D eigenvalue weighted by Gasteiger charge is -2.15. The van der Waals surface area contributed by atoms with Crippen LogP contribution >= 0.6 is 11.6 Å². The Morgan fingerprint density at radius 2 is 1.95 bits per heavy atom. The average Bonchev–Trinajstić information content (AvgIpc) is 2.41. The standard InChI is InChI=1S/C16H14ClF2NO/c1-10(13-7-6-12(18)9-15(13)19)20-16(21)8-11-4-2-3-5-14(11)17/h2-7,9-10H,8H2,1H3,(H,20,21). The van der Waals surface area contributed by atoms with E-state index in [-0.39, 0.29) is 17.9 Å². The Balaban J connectivity index is 2.04. The Bertz CT molecular complexity index is 660. The van der Waals surface area contributed by atoms with Crippen LogP contribution in [0.1, 0.15) is 24.1 Å². The summed E-state index contributed by atoms with van der Waals surface area (Å²) in [5, 5.41) is 3.18. The fourth-order valence-corrected chi connectivity index (χ4v) is 2.24. The summed E-state index contributed by atoms with van der Waals surface area (Å²) in [5.74, 6) is -1.61. The molecular formula is C16H14ClF2NO. The zero-order valence-electron chi connectivity index (χ0n) is 11.4. The second-order valence-electron chi connectivity index (χ2n) is 4.72. The summed E-state index contributed by atoms with van der Waals surface area (Å²) in [6, 6.07) is 9.75. The first-order chi connectivity index (χ1) is 9.97. The molecule has 0 heterocycles. The number of nitrogens with one attached hydrogen (secondary N) is 1. The van der Waals surface area contributed by atoms with Gasteiger partial charge in [0.2, 0.25) is 5.91 Å². The molecule has 1 atom stereocenters. The molecule has 0 saturated carbocycles. The van der Waals surface area contributed by atoms with Crippen molar-refractivity contribution in [2.75, 3.05) is 0 Å². The first-order valence-corrected chi connectivity index (χ1v) is 6.83. The van der Waals surface area contributed by atoms with Crippen molar-refractivity contribution in [1.82, 2.24) is 5.32 Å². The molecule has 0 bridgehead atoms. The summed E-state index contributed by atoms with van der Waals surface area (Å²) in [6.07, 6.45) is 0.104. The SMILES string of the molecule is CC(NC(=O)Cc1ccccc1Cl)c1ccc(F)cc1F. The number of rotatable bonds is 4. The number of carbonyl (C=O) groups excluding carboxylic acids is 1. The van der Waals surface area contributed by atoms with E-state index < -0.39 is 17.7 Å². The molecule has 0 aliphatic heterocycles. The molecule has 0 aliphatic rings. The second kappa shape index (κ2) is 6.68. The largest absolute Gasteiger partial charge is 0.349 e. The summed E-state index contributed by atoms with van der Waals surface area (Å²) >= 11 is 5.98. The fourth-order valence-electron chi connectivity index (χ4n) is 2.04. The molecule has 1 N–H and O–H groups in total. The molecule has 110 valence electrons. The zero-order chi connectivity index (χ0) is 15.4. The molecule has 0 fully saturated rings. The topological polar surface area (TPSA) is 29.1 Å². The van der Waals surface area contributed by atoms with Crippen LogP contribution in [0.2, 0.25) is 5.02 Å². The van der Waals surface area contributed by atoms with Crippen molar-refractivity contribution < 1.29 is 13.6 Å². The number of benzene rings is 2. The third kappa shape index (κ3) is 4.02. The molecule has 2 aromatic carbocycles. The fraction of sp³-hybridized carbons (Fsp3) is 0.188. The minimum absolute atomic E-state index is 0.104. The first-order valence-electron chi connectivity index (χ1n) is 6.45. The van der Waals surface area contributed by atoms with Gasteiger partial charge in [-0.2, -0.15) is 0 Å². The molecule has 1 unspecified atom stereocenters. The van der Waals surface area contributed by atoms with Crippen LogP contribution in [-0.2, 0) is 11.2 Å². The lowest BCUT2D eigenvalue weighted by Crippen LogP contribution is -2.28. The van der Waals surface area contributed by atoms with Crippen molar-refractivity contribution in [1.29, 1.82) is 0 Å². The molecular weight excluding hydrogens is 296 g/mol. The molecule has 2 aromatic rings. The quantitative estimate of drug-likeness (QED) is 0.907. The highest BCUT2D eigenvalue weighted by Gasteiger charge is 2.15. The molecule has 1 amide bonds. The van der Waals surface area contributed by atoms with Gasteiger partial charge in [-0.25, -0.2) is 8.78 Å². The van der Waals surface area contributed by atoms with Gasteiger partial charge in [-0.15, -0.1) is 0 Å². The summed E-state index contributed by atoms with van der Waals surface area (Å²) in [6.45, 7) is 1.64. The Kier molecular flexibility index (Phi) is 4.91. The van der Waals surface area contributed by atoms with Crippen LogP contribution < -0.4 is 5.32 Å². The highest BCUT2D eigenvalue weighted by atomic mass is 35.5. The summed E-state index contributed by atoms with van der Waals surface area (Å²) in [5.41, 5.74) is 0.937. The van der Waals surface area contributed by atoms with Crippen LogP contribution in [0, 0.1) is 11.6 Å². The Morgan fingerprint density at radius 3 is 2.62 bits per heavy atom. The van der Waals surface area contributed by atoms with E-state index >= 15 is 0 Å². The van der Waals surface area contributed by atoms with Crippen LogP contribution in [-0.4, -0.2) is 5.91 Å². The second-order valence-corrected chi connectivity index (χ2v) is 5.13. The maximum Gasteiger partial charge on any atom is 0.224 e. The van der Waals surface area contributed by atoms with Crippen LogP contribution in [0.25, 0.3) is 0 Å². The molecule has 2 nitrogen and oxygen atoms in total. The number of carbonyl (C=O) groups is 1. The maximum atomic E-state index is 13.6. The van der Waals surface area contributed by atoms with E-state index in [1.165, 1.54) is 6.07 Å². The van der Waals surface area contributed by atoms with Crippen LogP contribution in [0.5, 0.6) is 0 Å². The molecule has 2 rings (SSSR count). The van der Waals surface area contributed by atoms with Gasteiger partial charge in [-0.1, -0.05) is 35.9 Å². The number of hydrogen-bond acceptors (Lipinski definition) is 1. The van der Waals surface area contributed by atoms with Crippen molar-refractivity contribution in [3.05, 3.63) is 70.2 Å². The number of hydrogen-bond donors (Lipinski definition) is 1. The van der Waals surface area contributed by atoms with Gasteiger partial charge < -0.3 is 5.32 Å². The molecule has 0 saturated heterocycles. The van der Waals surface area contributed by atoms with Gasteiger partial charge in [0.05, 0.1) is 12.5 Å².